The first-order chi connectivity index (χ1) is 16.8. The molecular formula is C23H27N7O5. The lowest BCUT2D eigenvalue weighted by atomic mass is 10.1. The van der Waals surface area contributed by atoms with E-state index >= 15 is 0 Å². The number of guanidine groups is 1. The second-order valence-electron chi connectivity index (χ2n) is 7.48. The van der Waals surface area contributed by atoms with Gasteiger partial charge in [-0.2, -0.15) is 4.98 Å². The van der Waals surface area contributed by atoms with E-state index < -0.39 is 17.3 Å². The summed E-state index contributed by atoms with van der Waals surface area (Å²) in [6, 6.07) is 13.6. The molecule has 2 aromatic carbocycles. The van der Waals surface area contributed by atoms with E-state index in [0.29, 0.717) is 23.4 Å². The molecule has 0 bridgehead atoms. The van der Waals surface area contributed by atoms with Gasteiger partial charge in [-0.25, -0.2) is 19.0 Å². The molecule has 35 heavy (non-hydrogen) atoms. The van der Waals surface area contributed by atoms with Crippen molar-refractivity contribution >= 4 is 17.9 Å². The second-order valence-corrected chi connectivity index (χ2v) is 7.48. The highest BCUT2D eigenvalue weighted by molar-refractivity contribution is 5.89. The molecule has 3 aromatic rings. The van der Waals surface area contributed by atoms with Crippen molar-refractivity contribution in [3.05, 3.63) is 86.2 Å². The largest absolute Gasteiger partial charge is 0.497 e. The molecule has 184 valence electrons. The van der Waals surface area contributed by atoms with Gasteiger partial charge < -0.3 is 25.8 Å². The maximum atomic E-state index is 13.4. The summed E-state index contributed by atoms with van der Waals surface area (Å²) in [6.45, 7) is 0.692. The number of aromatic nitrogens is 3. The molecular weight excluding hydrogens is 454 g/mol. The average Bonchev–Trinajstić information content (AvgIpc) is 2.86. The SMILES string of the molecule is COC(=O)c1ccc(Cn2c(=O)nc(NCCNC(=N)N)n(Cc3ccc(OC)cc3)c2=O)cc1. The molecule has 0 aliphatic heterocycles. The van der Waals surface area contributed by atoms with Crippen LogP contribution in [0.3, 0.4) is 0 Å². The predicted molar refractivity (Wildman–Crippen MR) is 130 cm³/mol. The average molecular weight is 482 g/mol. The molecule has 3 rings (SSSR count). The van der Waals surface area contributed by atoms with Crippen LogP contribution in [0.1, 0.15) is 21.5 Å². The Hall–Kier alpha value is -4.61. The standard InChI is InChI=1S/C23H27N7O5/c1-34-18-9-5-16(6-10-18)13-29-21(27-12-11-26-20(24)25)28-22(32)30(23(29)33)14-15-3-7-17(8-4-15)19(31)35-2/h3-10H,11-14H2,1-2H3,(H4,24,25,26)(H,27,28,32). The molecule has 0 atom stereocenters. The minimum absolute atomic E-state index is 0.0269. The van der Waals surface area contributed by atoms with Crippen LogP contribution in [0, 0.1) is 5.41 Å². The number of rotatable bonds is 10. The van der Waals surface area contributed by atoms with E-state index in [2.05, 4.69) is 15.6 Å². The van der Waals surface area contributed by atoms with Crippen LogP contribution >= 0.6 is 0 Å². The van der Waals surface area contributed by atoms with Crippen molar-refractivity contribution in [3.63, 3.8) is 0 Å². The van der Waals surface area contributed by atoms with E-state index in [0.717, 1.165) is 10.1 Å². The number of hydrogen-bond donors (Lipinski definition) is 4. The quantitative estimate of drug-likeness (QED) is 0.137. The number of carbonyl (C=O) groups excluding carboxylic acids is 1. The number of methoxy groups -OCH3 is 2. The Balaban J connectivity index is 1.94. The Morgan fingerprint density at radius 3 is 2.14 bits per heavy atom. The van der Waals surface area contributed by atoms with Gasteiger partial charge >= 0.3 is 17.3 Å². The van der Waals surface area contributed by atoms with E-state index in [1.54, 1.807) is 43.5 Å². The molecule has 0 aliphatic carbocycles. The monoisotopic (exact) mass is 481 g/mol. The molecule has 1 heterocycles. The number of nitrogens with one attached hydrogen (secondary N) is 3. The van der Waals surface area contributed by atoms with Gasteiger partial charge in [0.05, 0.1) is 32.9 Å². The molecule has 0 aliphatic rings. The summed E-state index contributed by atoms with van der Waals surface area (Å²) in [5, 5.41) is 12.8. The Morgan fingerprint density at radius 2 is 1.57 bits per heavy atom. The fourth-order valence-corrected chi connectivity index (χ4v) is 3.27. The van der Waals surface area contributed by atoms with Crippen LogP contribution < -0.4 is 32.5 Å². The van der Waals surface area contributed by atoms with E-state index in [1.807, 2.05) is 12.1 Å². The lowest BCUT2D eigenvalue weighted by Gasteiger charge is -2.16. The van der Waals surface area contributed by atoms with E-state index in [9.17, 15) is 14.4 Å². The fraction of sp³-hybridized carbons (Fsp3) is 0.261. The highest BCUT2D eigenvalue weighted by atomic mass is 16.5. The summed E-state index contributed by atoms with van der Waals surface area (Å²) in [5.41, 5.74) is 5.81. The molecule has 0 spiro atoms. The highest BCUT2D eigenvalue weighted by Gasteiger charge is 2.15. The maximum Gasteiger partial charge on any atom is 0.355 e. The van der Waals surface area contributed by atoms with E-state index in [-0.39, 0.29) is 31.5 Å². The van der Waals surface area contributed by atoms with E-state index in [1.165, 1.54) is 11.7 Å². The number of benzene rings is 2. The smallest absolute Gasteiger partial charge is 0.355 e. The van der Waals surface area contributed by atoms with Gasteiger partial charge in [0.25, 0.3) is 0 Å². The Labute approximate surface area is 200 Å². The third kappa shape index (κ3) is 6.47. The maximum absolute atomic E-state index is 13.4. The van der Waals surface area contributed by atoms with Crippen LogP contribution in [0.2, 0.25) is 0 Å². The fourth-order valence-electron chi connectivity index (χ4n) is 3.27. The third-order valence-electron chi connectivity index (χ3n) is 5.09. The number of hydrogen-bond acceptors (Lipinski definition) is 8. The molecule has 5 N–H and O–H groups in total. The van der Waals surface area contributed by atoms with Crippen LogP contribution in [0.15, 0.2) is 58.1 Å². The van der Waals surface area contributed by atoms with Crippen molar-refractivity contribution in [2.75, 3.05) is 32.6 Å². The molecule has 12 nitrogen and oxygen atoms in total. The van der Waals surface area contributed by atoms with Gasteiger partial charge in [-0.05, 0) is 35.4 Å². The highest BCUT2D eigenvalue weighted by Crippen LogP contribution is 2.13. The summed E-state index contributed by atoms with van der Waals surface area (Å²) >= 11 is 0. The van der Waals surface area contributed by atoms with E-state index in [4.69, 9.17) is 20.6 Å². The van der Waals surface area contributed by atoms with Crippen molar-refractivity contribution in [2.24, 2.45) is 5.73 Å². The molecule has 1 aromatic heterocycles. The topological polar surface area (TPSA) is 166 Å². The lowest BCUT2D eigenvalue weighted by molar-refractivity contribution is 0.0600. The van der Waals surface area contributed by atoms with Crippen LogP contribution in [-0.2, 0) is 17.8 Å². The van der Waals surface area contributed by atoms with Crippen LogP contribution in [0.4, 0.5) is 5.95 Å². The Morgan fingerprint density at radius 1 is 0.971 bits per heavy atom. The zero-order chi connectivity index (χ0) is 25.4. The number of ether oxygens (including phenoxy) is 2. The first-order valence-corrected chi connectivity index (χ1v) is 10.7. The minimum atomic E-state index is -0.722. The number of nitrogens with two attached hydrogens (primary N) is 1. The molecule has 0 amide bonds. The second kappa shape index (κ2) is 11.5. The molecule has 12 heteroatoms. The van der Waals surface area contributed by atoms with Crippen LogP contribution in [-0.4, -0.2) is 53.4 Å². The number of esters is 1. The van der Waals surface area contributed by atoms with Crippen molar-refractivity contribution in [1.82, 2.24) is 19.4 Å². The van der Waals surface area contributed by atoms with Gasteiger partial charge in [0, 0.05) is 13.1 Å². The van der Waals surface area contributed by atoms with Crippen molar-refractivity contribution in [1.29, 1.82) is 5.41 Å². The summed E-state index contributed by atoms with van der Waals surface area (Å²) in [5.74, 6) is 0.0997. The van der Waals surface area contributed by atoms with Crippen molar-refractivity contribution in [3.8, 4) is 5.75 Å². The molecule has 0 radical (unpaired) electrons. The first kappa shape index (κ1) is 25.0. The van der Waals surface area contributed by atoms with Gasteiger partial charge in [-0.15, -0.1) is 0 Å². The number of carbonyl (C=O) groups is 1. The van der Waals surface area contributed by atoms with Crippen molar-refractivity contribution < 1.29 is 14.3 Å². The summed E-state index contributed by atoms with van der Waals surface area (Å²) < 4.78 is 12.3. The zero-order valence-electron chi connectivity index (χ0n) is 19.4. The van der Waals surface area contributed by atoms with Gasteiger partial charge in [-0.1, -0.05) is 24.3 Å². The van der Waals surface area contributed by atoms with Crippen molar-refractivity contribution in [2.45, 2.75) is 13.1 Å². The Bertz CT molecular complexity index is 1300. The Kier molecular flexibility index (Phi) is 8.22. The number of nitrogens with zero attached hydrogens (tertiary/aromatic N) is 3. The summed E-state index contributed by atoms with van der Waals surface area (Å²) in [7, 11) is 2.85. The lowest BCUT2D eigenvalue weighted by Crippen LogP contribution is -2.43. The van der Waals surface area contributed by atoms with Gasteiger partial charge in [-0.3, -0.25) is 9.98 Å². The predicted octanol–water partition coefficient (Wildman–Crippen LogP) is 0.192. The van der Waals surface area contributed by atoms with Gasteiger partial charge in [0.2, 0.25) is 5.95 Å². The summed E-state index contributed by atoms with van der Waals surface area (Å²) in [4.78, 5) is 41.9. The third-order valence-corrected chi connectivity index (χ3v) is 5.09. The molecule has 0 unspecified atom stereocenters. The number of anilines is 1. The first-order valence-electron chi connectivity index (χ1n) is 10.7. The minimum Gasteiger partial charge on any atom is -0.497 e. The van der Waals surface area contributed by atoms with Crippen LogP contribution in [0.25, 0.3) is 0 Å². The summed E-state index contributed by atoms with van der Waals surface area (Å²) in [6.07, 6.45) is 0. The van der Waals surface area contributed by atoms with Crippen LogP contribution in [0.5, 0.6) is 5.75 Å². The zero-order valence-corrected chi connectivity index (χ0v) is 19.4. The molecule has 0 saturated heterocycles. The van der Waals surface area contributed by atoms with Gasteiger partial charge in [0.1, 0.15) is 5.75 Å². The molecule has 0 fully saturated rings. The normalized spacial score (nSPS) is 10.5. The molecule has 0 saturated carbocycles. The van der Waals surface area contributed by atoms with Gasteiger partial charge in [0.15, 0.2) is 5.96 Å².